The third kappa shape index (κ3) is 3.82. The van der Waals surface area contributed by atoms with Gasteiger partial charge < -0.3 is 5.32 Å². The summed E-state index contributed by atoms with van der Waals surface area (Å²) in [6.45, 7) is 0. The van der Waals surface area contributed by atoms with Gasteiger partial charge in [-0.2, -0.15) is 0 Å². The average molecular weight is 405 g/mol. The highest BCUT2D eigenvalue weighted by atomic mass is 35.5. The normalized spacial score (nSPS) is 24.0. The lowest BCUT2D eigenvalue weighted by Crippen LogP contribution is -2.38. The summed E-state index contributed by atoms with van der Waals surface area (Å²) < 4.78 is 27.3. The highest BCUT2D eigenvalue weighted by Crippen LogP contribution is 2.44. The van der Waals surface area contributed by atoms with Gasteiger partial charge in [-0.15, -0.1) is 0 Å². The van der Waals surface area contributed by atoms with Crippen LogP contribution in [0.2, 0.25) is 5.02 Å². The van der Waals surface area contributed by atoms with E-state index in [4.69, 9.17) is 11.6 Å². The first-order valence-corrected chi connectivity index (χ1v) is 11.0. The number of carbonyl (C=O) groups excluding carboxylic acids is 1. The van der Waals surface area contributed by atoms with E-state index in [9.17, 15) is 13.2 Å². The van der Waals surface area contributed by atoms with Gasteiger partial charge in [0, 0.05) is 11.6 Å². The van der Waals surface area contributed by atoms with Crippen molar-refractivity contribution >= 4 is 33.2 Å². The summed E-state index contributed by atoms with van der Waals surface area (Å²) in [5.41, 5.74) is 0.683. The summed E-state index contributed by atoms with van der Waals surface area (Å²) in [6, 6.07) is 12.9. The molecule has 2 bridgehead atoms. The van der Waals surface area contributed by atoms with Gasteiger partial charge in [0.05, 0.1) is 15.6 Å². The zero-order valence-corrected chi connectivity index (χ0v) is 16.3. The van der Waals surface area contributed by atoms with Crippen molar-refractivity contribution in [3.8, 4) is 0 Å². The minimum atomic E-state index is -3.73. The fourth-order valence-corrected chi connectivity index (χ4v) is 5.60. The molecule has 0 aliphatic heterocycles. The molecule has 2 aromatic rings. The fourth-order valence-electron chi connectivity index (χ4n) is 4.22. The van der Waals surface area contributed by atoms with Crippen molar-refractivity contribution in [3.05, 3.63) is 59.1 Å². The third-order valence-electron chi connectivity index (χ3n) is 5.58. The summed E-state index contributed by atoms with van der Waals surface area (Å²) in [4.78, 5) is 12.7. The molecule has 3 atom stereocenters. The van der Waals surface area contributed by atoms with Crippen LogP contribution in [0.15, 0.2) is 53.4 Å². The Balaban J connectivity index is 1.47. The number of carbonyl (C=O) groups is 1. The minimum absolute atomic E-state index is 0.152. The number of halogens is 1. The molecule has 0 spiro atoms. The first kappa shape index (κ1) is 18.3. The van der Waals surface area contributed by atoms with Crippen LogP contribution in [0, 0.1) is 11.8 Å². The van der Waals surface area contributed by atoms with E-state index >= 15 is 0 Å². The second-order valence-electron chi connectivity index (χ2n) is 7.37. The van der Waals surface area contributed by atoms with Gasteiger partial charge in [-0.05, 0) is 61.4 Å². The maximum atomic E-state index is 12.5. The van der Waals surface area contributed by atoms with Crippen LogP contribution in [-0.2, 0) is 10.0 Å². The molecule has 2 aromatic carbocycles. The first-order valence-electron chi connectivity index (χ1n) is 9.10. The summed E-state index contributed by atoms with van der Waals surface area (Å²) in [5.74, 6) is 1.18. The lowest BCUT2D eigenvalue weighted by Gasteiger charge is -2.23. The number of rotatable bonds is 5. The van der Waals surface area contributed by atoms with Crippen molar-refractivity contribution in [2.75, 3.05) is 4.72 Å². The van der Waals surface area contributed by atoms with Gasteiger partial charge >= 0.3 is 0 Å². The third-order valence-corrected chi connectivity index (χ3v) is 7.28. The second kappa shape index (κ2) is 7.17. The van der Waals surface area contributed by atoms with Crippen LogP contribution < -0.4 is 10.0 Å². The summed E-state index contributed by atoms with van der Waals surface area (Å²) in [7, 11) is -3.73. The zero-order valence-electron chi connectivity index (χ0n) is 14.7. The number of nitrogens with one attached hydrogen (secondary N) is 2. The topological polar surface area (TPSA) is 75.3 Å². The Hall–Kier alpha value is -2.05. The van der Waals surface area contributed by atoms with Gasteiger partial charge in [-0.1, -0.05) is 36.2 Å². The number of anilines is 1. The molecule has 4 rings (SSSR count). The molecule has 27 heavy (non-hydrogen) atoms. The molecule has 0 unspecified atom stereocenters. The average Bonchev–Trinajstić information content (AvgIpc) is 3.27. The Bertz CT molecular complexity index is 962. The predicted molar refractivity (Wildman–Crippen MR) is 105 cm³/mol. The van der Waals surface area contributed by atoms with E-state index in [2.05, 4.69) is 10.0 Å². The number of amides is 1. The predicted octanol–water partition coefficient (Wildman–Crippen LogP) is 4.06. The van der Waals surface area contributed by atoms with Crippen LogP contribution in [0.1, 0.15) is 36.0 Å². The molecule has 7 heteroatoms. The van der Waals surface area contributed by atoms with E-state index in [1.54, 1.807) is 24.3 Å². The van der Waals surface area contributed by atoms with Gasteiger partial charge in [0.1, 0.15) is 0 Å². The van der Waals surface area contributed by atoms with Crippen LogP contribution in [0.5, 0.6) is 0 Å². The number of hydrogen-bond donors (Lipinski definition) is 2. The van der Waals surface area contributed by atoms with Gasteiger partial charge in [-0.25, -0.2) is 8.42 Å². The molecule has 2 saturated carbocycles. The Morgan fingerprint density at radius 2 is 1.81 bits per heavy atom. The Labute approximate surface area is 164 Å². The van der Waals surface area contributed by atoms with Crippen molar-refractivity contribution in [2.45, 2.75) is 36.6 Å². The smallest absolute Gasteiger partial charge is 0.261 e. The Morgan fingerprint density at radius 1 is 1.04 bits per heavy atom. The molecular formula is C20H21ClN2O3S. The van der Waals surface area contributed by atoms with Crippen molar-refractivity contribution in [2.24, 2.45) is 11.8 Å². The second-order valence-corrected chi connectivity index (χ2v) is 9.46. The molecule has 0 saturated heterocycles. The molecule has 1 amide bonds. The number of benzene rings is 2. The first-order chi connectivity index (χ1) is 12.9. The van der Waals surface area contributed by atoms with E-state index < -0.39 is 10.0 Å². The molecule has 2 N–H and O–H groups in total. The van der Waals surface area contributed by atoms with Crippen LogP contribution in [0.3, 0.4) is 0 Å². The van der Waals surface area contributed by atoms with E-state index in [-0.39, 0.29) is 27.6 Å². The van der Waals surface area contributed by atoms with Crippen molar-refractivity contribution < 1.29 is 13.2 Å². The highest BCUT2D eigenvalue weighted by Gasteiger charge is 2.40. The molecule has 5 nitrogen and oxygen atoms in total. The maximum absolute atomic E-state index is 12.5. The van der Waals surface area contributed by atoms with E-state index in [0.29, 0.717) is 11.5 Å². The molecule has 2 aliphatic rings. The SMILES string of the molecule is O=C(N[C@H]1C[C@H]2CC[C@H]1C2)c1ccc(NS(=O)(=O)c2ccccc2)c(Cl)c1. The lowest BCUT2D eigenvalue weighted by atomic mass is 9.95. The Kier molecular flexibility index (Phi) is 4.86. The maximum Gasteiger partial charge on any atom is 0.261 e. The van der Waals surface area contributed by atoms with E-state index in [1.165, 1.54) is 43.5 Å². The Morgan fingerprint density at radius 3 is 2.44 bits per heavy atom. The minimum Gasteiger partial charge on any atom is -0.349 e. The monoisotopic (exact) mass is 404 g/mol. The summed E-state index contributed by atoms with van der Waals surface area (Å²) >= 11 is 6.24. The van der Waals surface area contributed by atoms with Crippen molar-refractivity contribution in [1.29, 1.82) is 0 Å². The fraction of sp³-hybridized carbons (Fsp3) is 0.350. The zero-order chi connectivity index (χ0) is 19.0. The summed E-state index contributed by atoms with van der Waals surface area (Å²) in [5, 5.41) is 3.30. The number of hydrogen-bond acceptors (Lipinski definition) is 3. The van der Waals surface area contributed by atoms with Gasteiger partial charge in [0.15, 0.2) is 0 Å². The van der Waals surface area contributed by atoms with Crippen LogP contribution >= 0.6 is 11.6 Å². The largest absolute Gasteiger partial charge is 0.349 e. The van der Waals surface area contributed by atoms with Gasteiger partial charge in [0.25, 0.3) is 15.9 Å². The highest BCUT2D eigenvalue weighted by molar-refractivity contribution is 7.92. The molecule has 0 aromatic heterocycles. The molecule has 142 valence electrons. The van der Waals surface area contributed by atoms with Gasteiger partial charge in [0.2, 0.25) is 0 Å². The van der Waals surface area contributed by atoms with Crippen LogP contribution in [0.4, 0.5) is 5.69 Å². The number of sulfonamides is 1. The molecule has 0 radical (unpaired) electrons. The lowest BCUT2D eigenvalue weighted by molar-refractivity contribution is 0.0923. The standard InChI is InChI=1S/C20H21ClN2O3S/c21-17-12-15(20(24)22-19-11-13-6-7-14(19)10-13)8-9-18(17)23-27(25,26)16-4-2-1-3-5-16/h1-5,8-9,12-14,19,23H,6-7,10-11H2,(H,22,24)/t13-,14-,19-/m0/s1. The molecule has 2 aliphatic carbocycles. The van der Waals surface area contributed by atoms with Crippen molar-refractivity contribution in [1.82, 2.24) is 5.32 Å². The summed E-state index contributed by atoms with van der Waals surface area (Å²) in [6.07, 6.45) is 4.74. The molecule has 0 heterocycles. The molecular weight excluding hydrogens is 384 g/mol. The quantitative estimate of drug-likeness (QED) is 0.789. The van der Waals surface area contributed by atoms with E-state index in [1.807, 2.05) is 0 Å². The van der Waals surface area contributed by atoms with E-state index in [0.717, 1.165) is 12.3 Å². The van der Waals surface area contributed by atoms with Gasteiger partial charge in [-0.3, -0.25) is 9.52 Å². The number of fused-ring (bicyclic) bond motifs is 2. The van der Waals surface area contributed by atoms with Crippen LogP contribution in [-0.4, -0.2) is 20.4 Å². The van der Waals surface area contributed by atoms with Crippen LogP contribution in [0.25, 0.3) is 0 Å². The van der Waals surface area contributed by atoms with Crippen molar-refractivity contribution in [3.63, 3.8) is 0 Å². The molecule has 2 fully saturated rings.